The Hall–Kier alpha value is -3.42. The standard InChI is InChI=1S/C21H23N3O5/c1-3-5-12-28-18-11-10-15(13-19(18)27-4-2)21(26)29-14-24-20(25)16-8-6-7-9-17(16)22-23-24/h6-11,13H,3-5,12,14H2,1-2H3. The van der Waals surface area contributed by atoms with Crippen molar-refractivity contribution in [1.82, 2.24) is 15.0 Å². The number of esters is 1. The minimum Gasteiger partial charge on any atom is -0.490 e. The Kier molecular flexibility index (Phi) is 6.78. The van der Waals surface area contributed by atoms with E-state index in [1.165, 1.54) is 0 Å². The van der Waals surface area contributed by atoms with Gasteiger partial charge in [-0.15, -0.1) is 5.10 Å². The monoisotopic (exact) mass is 397 g/mol. The number of nitrogens with zero attached hydrogens (tertiary/aromatic N) is 3. The molecule has 0 aliphatic carbocycles. The van der Waals surface area contributed by atoms with E-state index in [0.717, 1.165) is 17.5 Å². The summed E-state index contributed by atoms with van der Waals surface area (Å²) >= 11 is 0. The molecule has 0 unspecified atom stereocenters. The predicted octanol–water partition coefficient (Wildman–Crippen LogP) is 3.18. The van der Waals surface area contributed by atoms with Crippen molar-refractivity contribution in [3.63, 3.8) is 0 Å². The minimum absolute atomic E-state index is 0.290. The smallest absolute Gasteiger partial charge is 0.340 e. The highest BCUT2D eigenvalue weighted by Gasteiger charge is 2.14. The van der Waals surface area contributed by atoms with Crippen molar-refractivity contribution >= 4 is 16.9 Å². The molecule has 0 aliphatic rings. The van der Waals surface area contributed by atoms with Gasteiger partial charge in [-0.3, -0.25) is 4.79 Å². The number of carbonyl (C=O) groups excluding carboxylic acids is 1. The average molecular weight is 397 g/mol. The molecule has 0 spiro atoms. The number of aromatic nitrogens is 3. The van der Waals surface area contributed by atoms with Crippen LogP contribution in [0.4, 0.5) is 0 Å². The lowest BCUT2D eigenvalue weighted by Crippen LogP contribution is -2.26. The van der Waals surface area contributed by atoms with Crippen molar-refractivity contribution in [2.24, 2.45) is 0 Å². The highest BCUT2D eigenvalue weighted by molar-refractivity contribution is 5.90. The summed E-state index contributed by atoms with van der Waals surface area (Å²) in [6.45, 7) is 4.60. The molecule has 0 saturated carbocycles. The molecule has 29 heavy (non-hydrogen) atoms. The zero-order valence-corrected chi connectivity index (χ0v) is 16.5. The maximum Gasteiger partial charge on any atom is 0.340 e. The first kappa shape index (κ1) is 20.3. The molecule has 3 rings (SSSR count). The molecular weight excluding hydrogens is 374 g/mol. The van der Waals surface area contributed by atoms with E-state index in [1.807, 2.05) is 6.92 Å². The number of ether oxygens (including phenoxy) is 3. The van der Waals surface area contributed by atoms with E-state index >= 15 is 0 Å². The van der Waals surface area contributed by atoms with Crippen molar-refractivity contribution < 1.29 is 19.0 Å². The molecule has 0 aliphatic heterocycles. The Labute approximate surface area is 168 Å². The second kappa shape index (κ2) is 9.68. The van der Waals surface area contributed by atoms with E-state index in [-0.39, 0.29) is 17.9 Å². The van der Waals surface area contributed by atoms with Gasteiger partial charge in [0.05, 0.1) is 24.2 Å². The number of rotatable bonds is 9. The first-order chi connectivity index (χ1) is 14.1. The third-order valence-corrected chi connectivity index (χ3v) is 4.18. The maximum absolute atomic E-state index is 12.4. The Morgan fingerprint density at radius 3 is 2.69 bits per heavy atom. The fraction of sp³-hybridized carbons (Fsp3) is 0.333. The van der Waals surface area contributed by atoms with E-state index in [2.05, 4.69) is 17.2 Å². The van der Waals surface area contributed by atoms with Crippen LogP contribution in [0, 0.1) is 0 Å². The van der Waals surface area contributed by atoms with Crippen LogP contribution in [0.2, 0.25) is 0 Å². The minimum atomic E-state index is -0.604. The van der Waals surface area contributed by atoms with Crippen LogP contribution < -0.4 is 15.0 Å². The summed E-state index contributed by atoms with van der Waals surface area (Å²) in [6.07, 6.45) is 1.95. The van der Waals surface area contributed by atoms with Gasteiger partial charge in [-0.05, 0) is 43.7 Å². The van der Waals surface area contributed by atoms with Gasteiger partial charge in [0.15, 0.2) is 18.2 Å². The Bertz CT molecular complexity index is 1050. The molecule has 1 heterocycles. The highest BCUT2D eigenvalue weighted by Crippen LogP contribution is 2.29. The van der Waals surface area contributed by atoms with E-state index in [0.29, 0.717) is 35.6 Å². The molecule has 3 aromatic rings. The summed E-state index contributed by atoms with van der Waals surface area (Å²) in [4.78, 5) is 24.9. The summed E-state index contributed by atoms with van der Waals surface area (Å²) in [5.41, 5.74) is 0.399. The van der Waals surface area contributed by atoms with Crippen LogP contribution in [0.3, 0.4) is 0 Å². The Morgan fingerprint density at radius 1 is 1.07 bits per heavy atom. The number of hydrogen-bond acceptors (Lipinski definition) is 7. The number of carbonyl (C=O) groups is 1. The summed E-state index contributed by atoms with van der Waals surface area (Å²) in [5.74, 6) is 0.446. The first-order valence-electron chi connectivity index (χ1n) is 9.53. The molecule has 0 N–H and O–H groups in total. The van der Waals surface area contributed by atoms with Crippen LogP contribution in [-0.4, -0.2) is 34.2 Å². The molecule has 0 amide bonds. The van der Waals surface area contributed by atoms with Gasteiger partial charge < -0.3 is 14.2 Å². The molecule has 0 bridgehead atoms. The van der Waals surface area contributed by atoms with Gasteiger partial charge in [-0.2, -0.15) is 4.68 Å². The van der Waals surface area contributed by atoms with E-state index < -0.39 is 5.97 Å². The first-order valence-corrected chi connectivity index (χ1v) is 9.53. The van der Waals surface area contributed by atoms with Crippen molar-refractivity contribution in [2.75, 3.05) is 13.2 Å². The van der Waals surface area contributed by atoms with Gasteiger partial charge in [0.25, 0.3) is 5.56 Å². The van der Waals surface area contributed by atoms with Crippen LogP contribution in [0.1, 0.15) is 37.0 Å². The van der Waals surface area contributed by atoms with Crippen molar-refractivity contribution in [3.8, 4) is 11.5 Å². The van der Waals surface area contributed by atoms with E-state index in [4.69, 9.17) is 14.2 Å². The molecule has 152 valence electrons. The second-order valence-electron chi connectivity index (χ2n) is 6.27. The highest BCUT2D eigenvalue weighted by atomic mass is 16.5. The number of unbranched alkanes of at least 4 members (excludes halogenated alkanes) is 1. The molecule has 0 saturated heterocycles. The van der Waals surface area contributed by atoms with Gasteiger partial charge in [-0.25, -0.2) is 4.79 Å². The second-order valence-corrected chi connectivity index (χ2v) is 6.27. The molecule has 0 atom stereocenters. The van der Waals surface area contributed by atoms with Crippen LogP contribution in [-0.2, 0) is 11.5 Å². The summed E-state index contributed by atoms with van der Waals surface area (Å²) in [5, 5.41) is 8.18. The molecule has 0 fully saturated rings. The predicted molar refractivity (Wildman–Crippen MR) is 107 cm³/mol. The van der Waals surface area contributed by atoms with Crippen LogP contribution in [0.25, 0.3) is 10.9 Å². The summed E-state index contributed by atoms with van der Waals surface area (Å²) < 4.78 is 17.5. The van der Waals surface area contributed by atoms with Crippen molar-refractivity contribution in [3.05, 3.63) is 58.4 Å². The zero-order chi connectivity index (χ0) is 20.6. The lowest BCUT2D eigenvalue weighted by atomic mass is 10.2. The molecule has 1 aromatic heterocycles. The van der Waals surface area contributed by atoms with E-state index in [9.17, 15) is 9.59 Å². The maximum atomic E-state index is 12.4. The third kappa shape index (κ3) is 4.90. The van der Waals surface area contributed by atoms with Crippen molar-refractivity contribution in [2.45, 2.75) is 33.4 Å². The zero-order valence-electron chi connectivity index (χ0n) is 16.5. The van der Waals surface area contributed by atoms with E-state index in [1.54, 1.807) is 42.5 Å². The molecule has 8 nitrogen and oxygen atoms in total. The largest absolute Gasteiger partial charge is 0.490 e. The fourth-order valence-electron chi connectivity index (χ4n) is 2.66. The van der Waals surface area contributed by atoms with Crippen LogP contribution >= 0.6 is 0 Å². The molecular formula is C21H23N3O5. The number of hydrogen-bond donors (Lipinski definition) is 0. The third-order valence-electron chi connectivity index (χ3n) is 4.18. The van der Waals surface area contributed by atoms with Gasteiger partial charge in [0.2, 0.25) is 0 Å². The summed E-state index contributed by atoms with van der Waals surface area (Å²) in [6, 6.07) is 11.7. The molecule has 2 aromatic carbocycles. The Morgan fingerprint density at radius 2 is 1.90 bits per heavy atom. The molecule has 8 heteroatoms. The Balaban J connectivity index is 1.72. The van der Waals surface area contributed by atoms with Gasteiger partial charge >= 0.3 is 5.97 Å². The van der Waals surface area contributed by atoms with Gasteiger partial charge in [0, 0.05) is 0 Å². The van der Waals surface area contributed by atoms with Gasteiger partial charge in [0.1, 0.15) is 5.52 Å². The van der Waals surface area contributed by atoms with Gasteiger partial charge in [-0.1, -0.05) is 30.7 Å². The summed E-state index contributed by atoms with van der Waals surface area (Å²) in [7, 11) is 0. The lowest BCUT2D eigenvalue weighted by Gasteiger charge is -2.13. The number of benzene rings is 2. The normalized spacial score (nSPS) is 10.7. The van der Waals surface area contributed by atoms with Crippen LogP contribution in [0.5, 0.6) is 11.5 Å². The lowest BCUT2D eigenvalue weighted by molar-refractivity contribution is 0.0335. The molecule has 0 radical (unpaired) electrons. The quantitative estimate of drug-likeness (QED) is 0.404. The fourth-order valence-corrected chi connectivity index (χ4v) is 2.66. The van der Waals surface area contributed by atoms with Crippen LogP contribution in [0.15, 0.2) is 47.3 Å². The number of fused-ring (bicyclic) bond motifs is 1. The topological polar surface area (TPSA) is 92.5 Å². The SMILES string of the molecule is CCCCOc1ccc(C(=O)OCn2nnc3ccccc3c2=O)cc1OCC. The van der Waals surface area contributed by atoms with Crippen molar-refractivity contribution in [1.29, 1.82) is 0 Å². The average Bonchev–Trinajstić information content (AvgIpc) is 2.74.